The number of ether oxygens (including phenoxy) is 2. The SMILES string of the molecule is CCOc1ccc(-c2ccccc2-c2cscn2)cc1OCC. The van der Waals surface area contributed by atoms with Crippen molar-refractivity contribution in [1.29, 1.82) is 0 Å². The molecule has 1 aromatic heterocycles. The number of aromatic nitrogens is 1. The molecule has 0 spiro atoms. The fraction of sp³-hybridized carbons (Fsp3) is 0.211. The summed E-state index contributed by atoms with van der Waals surface area (Å²) >= 11 is 1.60. The van der Waals surface area contributed by atoms with Gasteiger partial charge < -0.3 is 9.47 Å². The number of hydrogen-bond donors (Lipinski definition) is 0. The van der Waals surface area contributed by atoms with Crippen molar-refractivity contribution in [1.82, 2.24) is 4.98 Å². The van der Waals surface area contributed by atoms with E-state index < -0.39 is 0 Å². The van der Waals surface area contributed by atoms with Gasteiger partial charge in [0, 0.05) is 10.9 Å². The Morgan fingerprint density at radius 2 is 1.65 bits per heavy atom. The van der Waals surface area contributed by atoms with Crippen molar-refractivity contribution in [2.45, 2.75) is 13.8 Å². The number of rotatable bonds is 6. The standard InChI is InChI=1S/C19H19NO2S/c1-3-21-18-10-9-14(11-19(18)22-4-2)15-7-5-6-8-16(15)17-12-23-13-20-17/h5-13H,3-4H2,1-2H3. The third-order valence-electron chi connectivity index (χ3n) is 3.49. The van der Waals surface area contributed by atoms with Gasteiger partial charge in [-0.3, -0.25) is 0 Å². The molecule has 0 aliphatic heterocycles. The van der Waals surface area contributed by atoms with Gasteiger partial charge in [0.1, 0.15) is 0 Å². The monoisotopic (exact) mass is 325 g/mol. The molecule has 23 heavy (non-hydrogen) atoms. The Morgan fingerprint density at radius 3 is 2.35 bits per heavy atom. The van der Waals surface area contributed by atoms with Gasteiger partial charge in [0.15, 0.2) is 11.5 Å². The summed E-state index contributed by atoms with van der Waals surface area (Å²) < 4.78 is 11.4. The minimum absolute atomic E-state index is 0.608. The maximum atomic E-state index is 5.74. The smallest absolute Gasteiger partial charge is 0.161 e. The Balaban J connectivity index is 2.07. The molecule has 0 saturated carbocycles. The van der Waals surface area contributed by atoms with Gasteiger partial charge in [-0.2, -0.15) is 0 Å². The van der Waals surface area contributed by atoms with E-state index in [4.69, 9.17) is 9.47 Å². The molecule has 0 aliphatic carbocycles. The summed E-state index contributed by atoms with van der Waals surface area (Å²) in [4.78, 5) is 4.44. The van der Waals surface area contributed by atoms with E-state index in [0.717, 1.165) is 33.9 Å². The van der Waals surface area contributed by atoms with E-state index in [-0.39, 0.29) is 0 Å². The van der Waals surface area contributed by atoms with Crippen LogP contribution in [0.3, 0.4) is 0 Å². The number of hydrogen-bond acceptors (Lipinski definition) is 4. The predicted octanol–water partition coefficient (Wildman–Crippen LogP) is 5.27. The van der Waals surface area contributed by atoms with E-state index in [1.807, 2.05) is 43.6 Å². The van der Waals surface area contributed by atoms with Crippen LogP contribution in [0.2, 0.25) is 0 Å². The van der Waals surface area contributed by atoms with Gasteiger partial charge in [-0.05, 0) is 37.1 Å². The number of nitrogens with zero attached hydrogens (tertiary/aromatic N) is 1. The third-order valence-corrected chi connectivity index (χ3v) is 4.08. The second-order valence-electron chi connectivity index (χ2n) is 4.95. The third kappa shape index (κ3) is 3.37. The maximum absolute atomic E-state index is 5.74. The molecule has 3 nitrogen and oxygen atoms in total. The summed E-state index contributed by atoms with van der Waals surface area (Å²) in [6, 6.07) is 14.4. The van der Waals surface area contributed by atoms with Crippen LogP contribution in [0, 0.1) is 0 Å². The zero-order valence-corrected chi connectivity index (χ0v) is 14.1. The van der Waals surface area contributed by atoms with E-state index in [2.05, 4.69) is 28.6 Å². The van der Waals surface area contributed by atoms with Gasteiger partial charge >= 0.3 is 0 Å². The van der Waals surface area contributed by atoms with Crippen molar-refractivity contribution in [3.63, 3.8) is 0 Å². The average molecular weight is 325 g/mol. The summed E-state index contributed by atoms with van der Waals surface area (Å²) in [5, 5.41) is 2.07. The normalized spacial score (nSPS) is 10.5. The first-order chi connectivity index (χ1) is 11.3. The molecule has 3 aromatic rings. The molecule has 0 radical (unpaired) electrons. The molecule has 0 N–H and O–H groups in total. The van der Waals surface area contributed by atoms with E-state index in [1.54, 1.807) is 11.3 Å². The van der Waals surface area contributed by atoms with E-state index in [1.165, 1.54) is 0 Å². The van der Waals surface area contributed by atoms with Crippen LogP contribution in [-0.4, -0.2) is 18.2 Å². The highest BCUT2D eigenvalue weighted by Gasteiger charge is 2.12. The second-order valence-corrected chi connectivity index (χ2v) is 5.67. The molecule has 0 saturated heterocycles. The first-order valence-electron chi connectivity index (χ1n) is 7.71. The lowest BCUT2D eigenvalue weighted by atomic mass is 9.98. The van der Waals surface area contributed by atoms with Gasteiger partial charge in [0.05, 0.1) is 24.4 Å². The fourth-order valence-corrected chi connectivity index (χ4v) is 3.07. The lowest BCUT2D eigenvalue weighted by molar-refractivity contribution is 0.288. The summed E-state index contributed by atoms with van der Waals surface area (Å²) in [5.41, 5.74) is 6.22. The quantitative estimate of drug-likeness (QED) is 0.618. The molecule has 0 aliphatic rings. The maximum Gasteiger partial charge on any atom is 0.161 e. The highest BCUT2D eigenvalue weighted by atomic mass is 32.1. The number of benzene rings is 2. The zero-order valence-electron chi connectivity index (χ0n) is 13.3. The molecule has 118 valence electrons. The van der Waals surface area contributed by atoms with E-state index in [9.17, 15) is 0 Å². The van der Waals surface area contributed by atoms with Gasteiger partial charge in [0.25, 0.3) is 0 Å². The molecule has 0 amide bonds. The molecule has 4 heteroatoms. The Bertz CT molecular complexity index is 769. The van der Waals surface area contributed by atoms with Gasteiger partial charge in [-0.25, -0.2) is 4.98 Å². The van der Waals surface area contributed by atoms with Crippen LogP contribution < -0.4 is 9.47 Å². The topological polar surface area (TPSA) is 31.4 Å². The lowest BCUT2D eigenvalue weighted by Gasteiger charge is -2.14. The van der Waals surface area contributed by atoms with Crippen molar-refractivity contribution in [2.75, 3.05) is 13.2 Å². The molecule has 3 rings (SSSR count). The van der Waals surface area contributed by atoms with Gasteiger partial charge in [-0.1, -0.05) is 30.3 Å². The highest BCUT2D eigenvalue weighted by Crippen LogP contribution is 2.37. The zero-order chi connectivity index (χ0) is 16.1. The van der Waals surface area contributed by atoms with Crippen molar-refractivity contribution >= 4 is 11.3 Å². The van der Waals surface area contributed by atoms with Crippen LogP contribution in [0.15, 0.2) is 53.4 Å². The molecule has 0 atom stereocenters. The predicted molar refractivity (Wildman–Crippen MR) is 95.3 cm³/mol. The highest BCUT2D eigenvalue weighted by molar-refractivity contribution is 7.07. The van der Waals surface area contributed by atoms with E-state index >= 15 is 0 Å². The number of thiazole rings is 1. The van der Waals surface area contributed by atoms with Crippen molar-refractivity contribution in [3.05, 3.63) is 53.4 Å². The molecule has 1 heterocycles. The summed E-state index contributed by atoms with van der Waals surface area (Å²) in [6.07, 6.45) is 0. The minimum atomic E-state index is 0.608. The average Bonchev–Trinajstić information content (AvgIpc) is 3.11. The van der Waals surface area contributed by atoms with Crippen molar-refractivity contribution in [3.8, 4) is 33.9 Å². The largest absolute Gasteiger partial charge is 0.490 e. The van der Waals surface area contributed by atoms with Crippen molar-refractivity contribution in [2.24, 2.45) is 0 Å². The Labute approximate surface area is 140 Å². The summed E-state index contributed by atoms with van der Waals surface area (Å²) in [5.74, 6) is 1.56. The second kappa shape index (κ2) is 7.29. The molecule has 2 aromatic carbocycles. The molecular weight excluding hydrogens is 306 g/mol. The fourth-order valence-electron chi connectivity index (χ4n) is 2.52. The first-order valence-corrected chi connectivity index (χ1v) is 8.65. The first kappa shape index (κ1) is 15.6. The van der Waals surface area contributed by atoms with Gasteiger partial charge in [-0.15, -0.1) is 11.3 Å². The van der Waals surface area contributed by atoms with Crippen LogP contribution in [0.5, 0.6) is 11.5 Å². The van der Waals surface area contributed by atoms with Gasteiger partial charge in [0.2, 0.25) is 0 Å². The molecular formula is C19H19NO2S. The van der Waals surface area contributed by atoms with E-state index in [0.29, 0.717) is 13.2 Å². The van der Waals surface area contributed by atoms with Crippen molar-refractivity contribution < 1.29 is 9.47 Å². The summed E-state index contributed by atoms with van der Waals surface area (Å²) in [7, 11) is 0. The summed E-state index contributed by atoms with van der Waals surface area (Å²) in [6.45, 7) is 5.18. The van der Waals surface area contributed by atoms with Crippen LogP contribution in [0.1, 0.15) is 13.8 Å². The van der Waals surface area contributed by atoms with Crippen LogP contribution in [0.4, 0.5) is 0 Å². The molecule has 0 fully saturated rings. The van der Waals surface area contributed by atoms with Crippen LogP contribution in [0.25, 0.3) is 22.4 Å². The van der Waals surface area contributed by atoms with Crippen LogP contribution in [-0.2, 0) is 0 Å². The minimum Gasteiger partial charge on any atom is -0.490 e. The Hall–Kier alpha value is -2.33. The Kier molecular flexibility index (Phi) is 4.93. The Morgan fingerprint density at radius 1 is 0.913 bits per heavy atom. The molecule has 0 bridgehead atoms. The lowest BCUT2D eigenvalue weighted by Crippen LogP contribution is -1.98. The molecule has 0 unspecified atom stereocenters. The van der Waals surface area contributed by atoms with Crippen LogP contribution >= 0.6 is 11.3 Å².